The molecule has 0 saturated carbocycles. The van der Waals surface area contributed by atoms with E-state index >= 15 is 0 Å². The summed E-state index contributed by atoms with van der Waals surface area (Å²) in [6.45, 7) is 1.64. The normalized spacial score (nSPS) is 17.1. The molecule has 0 bridgehead atoms. The Hall–Kier alpha value is -3.17. The van der Waals surface area contributed by atoms with Crippen molar-refractivity contribution >= 4 is 29.2 Å². The van der Waals surface area contributed by atoms with Gasteiger partial charge < -0.3 is 20.6 Å². The highest BCUT2D eigenvalue weighted by Crippen LogP contribution is 2.24. The Morgan fingerprint density at radius 3 is 2.63 bits per heavy atom. The molecular weight excluding hydrogens is 356 g/mol. The molecule has 27 heavy (non-hydrogen) atoms. The van der Waals surface area contributed by atoms with E-state index in [0.717, 1.165) is 6.07 Å². The fourth-order valence-corrected chi connectivity index (χ4v) is 3.25. The molecule has 1 fully saturated rings. The minimum Gasteiger partial charge on any atom is -0.480 e. The van der Waals surface area contributed by atoms with Crippen molar-refractivity contribution in [3.63, 3.8) is 0 Å². The molecule has 10 heteroatoms. The number of nitrogens with two attached hydrogens (primary N) is 1. The number of nitrogens with zero attached hydrogens (tertiary/aromatic N) is 3. The molecule has 146 valence electrons. The number of amides is 2. The maximum atomic E-state index is 12.8. The second-order valence-corrected chi connectivity index (χ2v) is 6.45. The molecule has 0 spiro atoms. The van der Waals surface area contributed by atoms with Gasteiger partial charge in [-0.2, -0.15) is 0 Å². The summed E-state index contributed by atoms with van der Waals surface area (Å²) in [4.78, 5) is 48.7. The Bertz CT molecular complexity index is 766. The van der Waals surface area contributed by atoms with Crippen LogP contribution in [-0.2, 0) is 9.59 Å². The lowest BCUT2D eigenvalue weighted by atomic mass is 10.1. The van der Waals surface area contributed by atoms with Crippen LogP contribution in [0.15, 0.2) is 18.2 Å². The summed E-state index contributed by atoms with van der Waals surface area (Å²) in [5, 5.41) is 19.9. The van der Waals surface area contributed by atoms with Crippen LogP contribution in [0.1, 0.15) is 36.5 Å². The van der Waals surface area contributed by atoms with E-state index in [9.17, 15) is 24.5 Å². The standard InChI is InChI=1S/C17H22N4O6/c1-11(22)20(10-16(23)24)12-3-2-7-19(8-6-12)17(25)14-9-13(21(26)27)4-5-15(14)18/h4-5,9,12H,2-3,6-8,10,18H2,1H3,(H,23,24). The SMILES string of the molecule is CC(=O)N(CC(=O)O)C1CCCN(C(=O)c2cc([N+](=O)[O-])ccc2N)CC1. The van der Waals surface area contributed by atoms with E-state index < -0.39 is 16.8 Å². The quantitative estimate of drug-likeness (QED) is 0.443. The summed E-state index contributed by atoms with van der Waals surface area (Å²) in [6.07, 6.45) is 1.57. The van der Waals surface area contributed by atoms with Crippen LogP contribution < -0.4 is 5.73 Å². The second-order valence-electron chi connectivity index (χ2n) is 6.45. The van der Waals surface area contributed by atoms with Gasteiger partial charge in [0.15, 0.2) is 0 Å². The van der Waals surface area contributed by atoms with Crippen molar-refractivity contribution in [2.75, 3.05) is 25.4 Å². The first-order valence-electron chi connectivity index (χ1n) is 8.53. The van der Waals surface area contributed by atoms with Crippen LogP contribution in [0.4, 0.5) is 11.4 Å². The third kappa shape index (κ3) is 4.93. The fourth-order valence-electron chi connectivity index (χ4n) is 3.25. The predicted octanol–water partition coefficient (Wildman–Crippen LogP) is 1.10. The highest BCUT2D eigenvalue weighted by atomic mass is 16.6. The lowest BCUT2D eigenvalue weighted by Gasteiger charge is -2.29. The second kappa shape index (κ2) is 8.47. The molecule has 1 unspecified atom stereocenters. The number of non-ortho nitro benzene ring substituents is 1. The van der Waals surface area contributed by atoms with Crippen molar-refractivity contribution < 1.29 is 24.4 Å². The highest BCUT2D eigenvalue weighted by molar-refractivity contribution is 5.99. The van der Waals surface area contributed by atoms with E-state index in [1.54, 1.807) is 0 Å². The Balaban J connectivity index is 2.15. The number of nitro groups is 1. The van der Waals surface area contributed by atoms with Crippen molar-refractivity contribution in [2.45, 2.75) is 32.2 Å². The molecule has 3 N–H and O–H groups in total. The number of benzene rings is 1. The number of rotatable bonds is 5. The van der Waals surface area contributed by atoms with Crippen LogP contribution in [0, 0.1) is 10.1 Å². The zero-order valence-corrected chi connectivity index (χ0v) is 15.0. The Morgan fingerprint density at radius 2 is 2.04 bits per heavy atom. The molecule has 1 saturated heterocycles. The van der Waals surface area contributed by atoms with Gasteiger partial charge in [0.05, 0.1) is 10.5 Å². The molecule has 1 aromatic rings. The van der Waals surface area contributed by atoms with Gasteiger partial charge in [0, 0.05) is 43.9 Å². The molecule has 1 aromatic carbocycles. The van der Waals surface area contributed by atoms with Crippen molar-refractivity contribution in [1.29, 1.82) is 0 Å². The predicted molar refractivity (Wildman–Crippen MR) is 96.1 cm³/mol. The molecule has 0 aromatic heterocycles. The third-order valence-electron chi connectivity index (χ3n) is 4.61. The summed E-state index contributed by atoms with van der Waals surface area (Å²) in [6, 6.07) is 3.45. The van der Waals surface area contributed by atoms with Crippen molar-refractivity contribution in [1.82, 2.24) is 9.80 Å². The molecule has 1 atom stereocenters. The molecule has 1 heterocycles. The summed E-state index contributed by atoms with van der Waals surface area (Å²) in [7, 11) is 0. The van der Waals surface area contributed by atoms with Gasteiger partial charge in [-0.25, -0.2) is 0 Å². The zero-order valence-electron chi connectivity index (χ0n) is 15.0. The Kier molecular flexibility index (Phi) is 6.32. The molecular formula is C17H22N4O6. The molecule has 10 nitrogen and oxygen atoms in total. The van der Waals surface area contributed by atoms with E-state index in [1.807, 2.05) is 0 Å². The van der Waals surface area contributed by atoms with E-state index in [1.165, 1.54) is 28.9 Å². The summed E-state index contributed by atoms with van der Waals surface area (Å²) in [5.74, 6) is -1.83. The maximum Gasteiger partial charge on any atom is 0.323 e. The average molecular weight is 378 g/mol. The van der Waals surface area contributed by atoms with Gasteiger partial charge in [0.25, 0.3) is 11.6 Å². The molecule has 2 rings (SSSR count). The topological polar surface area (TPSA) is 147 Å². The van der Waals surface area contributed by atoms with Gasteiger partial charge in [0.2, 0.25) is 5.91 Å². The lowest BCUT2D eigenvalue weighted by Crippen LogP contribution is -2.43. The van der Waals surface area contributed by atoms with E-state index in [4.69, 9.17) is 10.8 Å². The fraction of sp³-hybridized carbons (Fsp3) is 0.471. The summed E-state index contributed by atoms with van der Waals surface area (Å²) < 4.78 is 0. The van der Waals surface area contributed by atoms with Crippen LogP contribution in [0.2, 0.25) is 0 Å². The van der Waals surface area contributed by atoms with Gasteiger partial charge >= 0.3 is 5.97 Å². The number of anilines is 1. The number of nitro benzene ring substituents is 1. The van der Waals surface area contributed by atoms with Crippen LogP contribution >= 0.6 is 0 Å². The lowest BCUT2D eigenvalue weighted by molar-refractivity contribution is -0.384. The number of nitrogen functional groups attached to an aromatic ring is 1. The maximum absolute atomic E-state index is 12.8. The monoisotopic (exact) mass is 378 g/mol. The number of carboxylic acid groups (broad SMARTS) is 1. The summed E-state index contributed by atoms with van der Waals surface area (Å²) >= 11 is 0. The zero-order chi connectivity index (χ0) is 20.1. The van der Waals surface area contributed by atoms with Crippen LogP contribution in [0.25, 0.3) is 0 Å². The first kappa shape index (κ1) is 20.1. The third-order valence-corrected chi connectivity index (χ3v) is 4.61. The average Bonchev–Trinajstić information content (AvgIpc) is 2.84. The first-order valence-corrected chi connectivity index (χ1v) is 8.53. The van der Waals surface area contributed by atoms with E-state index in [-0.39, 0.29) is 35.4 Å². The van der Waals surface area contributed by atoms with Gasteiger partial charge in [-0.1, -0.05) is 0 Å². The molecule has 0 aliphatic carbocycles. The van der Waals surface area contributed by atoms with E-state index in [0.29, 0.717) is 32.4 Å². The molecule has 2 amide bonds. The molecule has 1 aliphatic heterocycles. The van der Waals surface area contributed by atoms with E-state index in [2.05, 4.69) is 0 Å². The largest absolute Gasteiger partial charge is 0.480 e. The van der Waals surface area contributed by atoms with Gasteiger partial charge in [0.1, 0.15) is 6.54 Å². The van der Waals surface area contributed by atoms with Crippen LogP contribution in [0.5, 0.6) is 0 Å². The van der Waals surface area contributed by atoms with Crippen molar-refractivity contribution in [3.05, 3.63) is 33.9 Å². The minimum atomic E-state index is -1.09. The number of carboxylic acids is 1. The van der Waals surface area contributed by atoms with Gasteiger partial charge in [-0.05, 0) is 25.3 Å². The molecule has 0 radical (unpaired) electrons. The number of carbonyl (C=O) groups excluding carboxylic acids is 2. The first-order chi connectivity index (χ1) is 12.7. The number of hydrogen-bond acceptors (Lipinski definition) is 6. The Morgan fingerprint density at radius 1 is 1.33 bits per heavy atom. The van der Waals surface area contributed by atoms with Crippen LogP contribution in [-0.4, -0.2) is 63.3 Å². The van der Waals surface area contributed by atoms with Crippen molar-refractivity contribution in [2.24, 2.45) is 0 Å². The smallest absolute Gasteiger partial charge is 0.323 e. The number of hydrogen-bond donors (Lipinski definition) is 2. The number of carbonyl (C=O) groups is 3. The van der Waals surface area contributed by atoms with Crippen molar-refractivity contribution in [3.8, 4) is 0 Å². The minimum absolute atomic E-state index is 0.0663. The summed E-state index contributed by atoms with van der Waals surface area (Å²) in [5.41, 5.74) is 5.82. The van der Waals surface area contributed by atoms with Gasteiger partial charge in [-0.3, -0.25) is 24.5 Å². The molecule has 1 aliphatic rings. The number of likely N-dealkylation sites (tertiary alicyclic amines) is 1. The number of aliphatic carboxylic acids is 1. The highest BCUT2D eigenvalue weighted by Gasteiger charge is 2.29. The van der Waals surface area contributed by atoms with Crippen LogP contribution in [0.3, 0.4) is 0 Å². The van der Waals surface area contributed by atoms with Gasteiger partial charge in [-0.15, -0.1) is 0 Å². The Labute approximate surface area is 155 Å².